The van der Waals surface area contributed by atoms with Crippen LogP contribution in [0.2, 0.25) is 0 Å². The van der Waals surface area contributed by atoms with Gasteiger partial charge in [0.05, 0.1) is 5.69 Å². The molecule has 84 valence electrons. The van der Waals surface area contributed by atoms with Crippen LogP contribution in [0.4, 0.5) is 5.82 Å². The lowest BCUT2D eigenvalue weighted by molar-refractivity contribution is 0.131. The zero-order valence-electron chi connectivity index (χ0n) is 9.24. The molecule has 0 unspecified atom stereocenters. The summed E-state index contributed by atoms with van der Waals surface area (Å²) >= 11 is 0. The van der Waals surface area contributed by atoms with Crippen molar-refractivity contribution in [3.05, 3.63) is 11.8 Å². The third-order valence-electron chi connectivity index (χ3n) is 2.96. The van der Waals surface area contributed by atoms with Crippen molar-refractivity contribution in [3.63, 3.8) is 0 Å². The molecule has 0 aromatic carbocycles. The lowest BCUT2D eigenvalue weighted by Crippen LogP contribution is -2.45. The Balaban J connectivity index is 1.82. The standard InChI is InChI=1S/C10H19N5/c1-2-14-3-5-15(6-4-14)8-9-7-10(11)13-12-9/h7H,2-6,8H2,1H3,(H3,11,12,13). The highest BCUT2D eigenvalue weighted by atomic mass is 15.3. The summed E-state index contributed by atoms with van der Waals surface area (Å²) in [7, 11) is 0. The molecule has 15 heavy (non-hydrogen) atoms. The van der Waals surface area contributed by atoms with Crippen molar-refractivity contribution in [1.82, 2.24) is 20.0 Å². The number of piperazine rings is 1. The Hall–Kier alpha value is -1.07. The van der Waals surface area contributed by atoms with E-state index in [9.17, 15) is 0 Å². The normalized spacial score (nSPS) is 19.5. The van der Waals surface area contributed by atoms with E-state index in [0.29, 0.717) is 5.82 Å². The van der Waals surface area contributed by atoms with Gasteiger partial charge in [-0.2, -0.15) is 5.10 Å². The Morgan fingerprint density at radius 2 is 2.00 bits per heavy atom. The van der Waals surface area contributed by atoms with Crippen molar-refractivity contribution < 1.29 is 0 Å². The Labute approximate surface area is 90.2 Å². The van der Waals surface area contributed by atoms with E-state index in [2.05, 4.69) is 26.9 Å². The van der Waals surface area contributed by atoms with Gasteiger partial charge < -0.3 is 10.6 Å². The molecular formula is C10H19N5. The molecule has 1 aliphatic rings. The topological polar surface area (TPSA) is 61.2 Å². The van der Waals surface area contributed by atoms with E-state index in [1.54, 1.807) is 0 Å². The van der Waals surface area contributed by atoms with Crippen molar-refractivity contribution >= 4 is 5.82 Å². The average Bonchev–Trinajstić information content (AvgIpc) is 2.65. The second kappa shape index (κ2) is 4.63. The summed E-state index contributed by atoms with van der Waals surface area (Å²) in [5.41, 5.74) is 6.67. The van der Waals surface area contributed by atoms with Gasteiger partial charge in [-0.3, -0.25) is 10.00 Å². The summed E-state index contributed by atoms with van der Waals surface area (Å²) < 4.78 is 0. The maximum Gasteiger partial charge on any atom is 0.145 e. The predicted octanol–water partition coefficient (Wildman–Crippen LogP) is 0.129. The molecule has 0 atom stereocenters. The Kier molecular flexibility index (Phi) is 3.23. The average molecular weight is 209 g/mol. The minimum absolute atomic E-state index is 0.581. The summed E-state index contributed by atoms with van der Waals surface area (Å²) in [6.45, 7) is 8.90. The first kappa shape index (κ1) is 10.4. The van der Waals surface area contributed by atoms with Gasteiger partial charge >= 0.3 is 0 Å². The SMILES string of the molecule is CCN1CCN(Cc2cc(N)n[nH]2)CC1. The number of rotatable bonds is 3. The van der Waals surface area contributed by atoms with E-state index in [0.717, 1.165) is 31.9 Å². The van der Waals surface area contributed by atoms with Crippen molar-refractivity contribution in [1.29, 1.82) is 0 Å². The molecule has 0 bridgehead atoms. The zero-order chi connectivity index (χ0) is 10.7. The molecule has 2 rings (SSSR count). The molecular weight excluding hydrogens is 190 g/mol. The predicted molar refractivity (Wildman–Crippen MR) is 60.4 cm³/mol. The zero-order valence-corrected chi connectivity index (χ0v) is 9.24. The number of nitrogen functional groups attached to an aromatic ring is 1. The first-order valence-corrected chi connectivity index (χ1v) is 5.52. The van der Waals surface area contributed by atoms with E-state index in [4.69, 9.17) is 5.73 Å². The van der Waals surface area contributed by atoms with Crippen LogP contribution in [0.1, 0.15) is 12.6 Å². The highest BCUT2D eigenvalue weighted by molar-refractivity contribution is 5.28. The van der Waals surface area contributed by atoms with E-state index in [1.807, 2.05) is 6.07 Å². The third kappa shape index (κ3) is 2.70. The molecule has 2 heterocycles. The molecule has 0 saturated carbocycles. The molecule has 1 fully saturated rings. The summed E-state index contributed by atoms with van der Waals surface area (Å²) in [5.74, 6) is 0.581. The fourth-order valence-electron chi connectivity index (χ4n) is 1.96. The van der Waals surface area contributed by atoms with Gasteiger partial charge in [0, 0.05) is 38.8 Å². The molecule has 1 saturated heterocycles. The van der Waals surface area contributed by atoms with E-state index in [-0.39, 0.29) is 0 Å². The van der Waals surface area contributed by atoms with Crippen molar-refractivity contribution in [2.75, 3.05) is 38.5 Å². The molecule has 5 heteroatoms. The molecule has 1 aromatic heterocycles. The van der Waals surface area contributed by atoms with Gasteiger partial charge in [0.2, 0.25) is 0 Å². The third-order valence-corrected chi connectivity index (χ3v) is 2.96. The van der Waals surface area contributed by atoms with Crippen molar-refractivity contribution in [3.8, 4) is 0 Å². The number of nitrogens with one attached hydrogen (secondary N) is 1. The Morgan fingerprint density at radius 1 is 1.33 bits per heavy atom. The molecule has 0 spiro atoms. The van der Waals surface area contributed by atoms with Crippen LogP contribution >= 0.6 is 0 Å². The number of anilines is 1. The highest BCUT2D eigenvalue weighted by Gasteiger charge is 2.15. The molecule has 0 amide bonds. The van der Waals surface area contributed by atoms with Crippen molar-refractivity contribution in [2.24, 2.45) is 0 Å². The van der Waals surface area contributed by atoms with Crippen LogP contribution in [0, 0.1) is 0 Å². The van der Waals surface area contributed by atoms with Gasteiger partial charge in [-0.05, 0) is 6.54 Å². The smallest absolute Gasteiger partial charge is 0.145 e. The summed E-state index contributed by atoms with van der Waals surface area (Å²) in [5, 5.41) is 6.88. The summed E-state index contributed by atoms with van der Waals surface area (Å²) in [6.07, 6.45) is 0. The van der Waals surface area contributed by atoms with Crippen LogP contribution in [0.15, 0.2) is 6.07 Å². The van der Waals surface area contributed by atoms with Gasteiger partial charge in [-0.25, -0.2) is 0 Å². The minimum Gasteiger partial charge on any atom is -0.382 e. The van der Waals surface area contributed by atoms with E-state index >= 15 is 0 Å². The number of nitrogens with zero attached hydrogens (tertiary/aromatic N) is 3. The Bertz CT molecular complexity index is 301. The number of H-pyrrole nitrogens is 1. The lowest BCUT2D eigenvalue weighted by atomic mass is 10.3. The van der Waals surface area contributed by atoms with Gasteiger partial charge in [0.15, 0.2) is 0 Å². The quantitative estimate of drug-likeness (QED) is 0.743. The molecule has 1 aromatic rings. The van der Waals surface area contributed by atoms with Gasteiger partial charge in [0.25, 0.3) is 0 Å². The molecule has 1 aliphatic heterocycles. The van der Waals surface area contributed by atoms with Gasteiger partial charge in [0.1, 0.15) is 5.82 Å². The van der Waals surface area contributed by atoms with E-state index in [1.165, 1.54) is 13.1 Å². The summed E-state index contributed by atoms with van der Waals surface area (Å²) in [6, 6.07) is 1.91. The van der Waals surface area contributed by atoms with Crippen LogP contribution in [0.5, 0.6) is 0 Å². The first-order chi connectivity index (χ1) is 7.28. The van der Waals surface area contributed by atoms with Crippen LogP contribution < -0.4 is 5.73 Å². The van der Waals surface area contributed by atoms with Crippen LogP contribution in [-0.4, -0.2) is 52.7 Å². The molecule has 3 N–H and O–H groups in total. The minimum atomic E-state index is 0.581. The fraction of sp³-hybridized carbons (Fsp3) is 0.700. The number of aromatic amines is 1. The monoisotopic (exact) mass is 209 g/mol. The lowest BCUT2D eigenvalue weighted by Gasteiger charge is -2.33. The molecule has 0 radical (unpaired) electrons. The number of aromatic nitrogens is 2. The maximum absolute atomic E-state index is 5.56. The second-order valence-corrected chi connectivity index (χ2v) is 4.03. The highest BCUT2D eigenvalue weighted by Crippen LogP contribution is 2.08. The number of hydrogen-bond donors (Lipinski definition) is 2. The summed E-state index contributed by atoms with van der Waals surface area (Å²) in [4.78, 5) is 4.90. The first-order valence-electron chi connectivity index (χ1n) is 5.52. The maximum atomic E-state index is 5.56. The van der Waals surface area contributed by atoms with Crippen molar-refractivity contribution in [2.45, 2.75) is 13.5 Å². The van der Waals surface area contributed by atoms with Gasteiger partial charge in [-0.1, -0.05) is 6.92 Å². The van der Waals surface area contributed by atoms with Crippen LogP contribution in [-0.2, 0) is 6.54 Å². The number of nitrogens with two attached hydrogens (primary N) is 1. The van der Waals surface area contributed by atoms with E-state index < -0.39 is 0 Å². The number of likely N-dealkylation sites (N-methyl/N-ethyl adjacent to an activating group) is 1. The largest absolute Gasteiger partial charge is 0.382 e. The van der Waals surface area contributed by atoms with Gasteiger partial charge in [-0.15, -0.1) is 0 Å². The second-order valence-electron chi connectivity index (χ2n) is 4.03. The van der Waals surface area contributed by atoms with Crippen LogP contribution in [0.25, 0.3) is 0 Å². The molecule has 5 nitrogen and oxygen atoms in total. The number of hydrogen-bond acceptors (Lipinski definition) is 4. The molecule has 0 aliphatic carbocycles. The fourth-order valence-corrected chi connectivity index (χ4v) is 1.96. The van der Waals surface area contributed by atoms with Crippen LogP contribution in [0.3, 0.4) is 0 Å². The Morgan fingerprint density at radius 3 is 2.53 bits per heavy atom.